The van der Waals surface area contributed by atoms with E-state index in [0.717, 1.165) is 5.82 Å². The molecule has 0 aliphatic heterocycles. The molecule has 1 aromatic carbocycles. The number of hydrogen-bond acceptors (Lipinski definition) is 4. The van der Waals surface area contributed by atoms with Crippen molar-refractivity contribution in [2.24, 2.45) is 0 Å². The standard InChI is InChI=1S/C14H18ClN3O2/c1-9(2)18-13(16-8-17-18)7-11(19)14-10(15)5-4-6-12(14)20-3/h4-6,8-9,11,19H,7H2,1-3H3. The van der Waals surface area contributed by atoms with Gasteiger partial charge in [-0.25, -0.2) is 9.67 Å². The maximum Gasteiger partial charge on any atom is 0.138 e. The summed E-state index contributed by atoms with van der Waals surface area (Å²) in [6.45, 7) is 4.03. The lowest BCUT2D eigenvalue weighted by Gasteiger charge is -2.17. The van der Waals surface area contributed by atoms with Gasteiger partial charge in [0.25, 0.3) is 0 Å². The van der Waals surface area contributed by atoms with Crippen molar-refractivity contribution < 1.29 is 9.84 Å². The average Bonchev–Trinajstić information content (AvgIpc) is 2.86. The fourth-order valence-electron chi connectivity index (χ4n) is 2.15. The van der Waals surface area contributed by atoms with Gasteiger partial charge in [0.2, 0.25) is 0 Å². The minimum Gasteiger partial charge on any atom is -0.496 e. The second-order valence-electron chi connectivity index (χ2n) is 4.79. The second-order valence-corrected chi connectivity index (χ2v) is 5.20. The van der Waals surface area contributed by atoms with Crippen LogP contribution in [0.15, 0.2) is 24.5 Å². The first kappa shape index (κ1) is 14.8. The van der Waals surface area contributed by atoms with E-state index in [2.05, 4.69) is 10.1 Å². The average molecular weight is 296 g/mol. The van der Waals surface area contributed by atoms with Crippen molar-refractivity contribution in [2.75, 3.05) is 7.11 Å². The second kappa shape index (κ2) is 6.24. The van der Waals surface area contributed by atoms with E-state index < -0.39 is 6.10 Å². The van der Waals surface area contributed by atoms with Crippen molar-refractivity contribution >= 4 is 11.6 Å². The Hall–Kier alpha value is -1.59. The van der Waals surface area contributed by atoms with Crippen LogP contribution < -0.4 is 4.74 Å². The molecule has 0 bridgehead atoms. The Morgan fingerprint density at radius 3 is 2.80 bits per heavy atom. The van der Waals surface area contributed by atoms with Gasteiger partial charge in [0.15, 0.2) is 0 Å². The van der Waals surface area contributed by atoms with Crippen LogP contribution >= 0.6 is 11.6 Å². The number of methoxy groups -OCH3 is 1. The van der Waals surface area contributed by atoms with E-state index in [1.165, 1.54) is 6.33 Å². The van der Waals surface area contributed by atoms with Crippen LogP contribution in [-0.4, -0.2) is 27.0 Å². The number of benzene rings is 1. The Bertz CT molecular complexity index is 584. The zero-order valence-electron chi connectivity index (χ0n) is 11.7. The van der Waals surface area contributed by atoms with Gasteiger partial charge in [-0.1, -0.05) is 17.7 Å². The minimum absolute atomic E-state index is 0.188. The summed E-state index contributed by atoms with van der Waals surface area (Å²) >= 11 is 6.16. The molecule has 0 spiro atoms. The van der Waals surface area contributed by atoms with Gasteiger partial charge >= 0.3 is 0 Å². The van der Waals surface area contributed by atoms with Crippen molar-refractivity contribution in [3.8, 4) is 5.75 Å². The van der Waals surface area contributed by atoms with Crippen LogP contribution in [0.25, 0.3) is 0 Å². The first-order chi connectivity index (χ1) is 9.54. The molecule has 0 fully saturated rings. The van der Waals surface area contributed by atoms with Gasteiger partial charge in [-0.2, -0.15) is 5.10 Å². The lowest BCUT2D eigenvalue weighted by molar-refractivity contribution is 0.169. The summed E-state index contributed by atoms with van der Waals surface area (Å²) < 4.78 is 7.04. The third-order valence-corrected chi connectivity index (χ3v) is 3.41. The fourth-order valence-corrected chi connectivity index (χ4v) is 2.44. The van der Waals surface area contributed by atoms with Gasteiger partial charge < -0.3 is 9.84 Å². The topological polar surface area (TPSA) is 60.2 Å². The first-order valence-electron chi connectivity index (χ1n) is 6.43. The predicted octanol–water partition coefficient (Wildman–Crippen LogP) is 2.80. The van der Waals surface area contributed by atoms with Gasteiger partial charge in [0, 0.05) is 18.0 Å². The number of hydrogen-bond donors (Lipinski definition) is 1. The smallest absolute Gasteiger partial charge is 0.138 e. The Morgan fingerprint density at radius 1 is 1.40 bits per heavy atom. The molecule has 2 aromatic rings. The number of aliphatic hydroxyl groups excluding tert-OH is 1. The molecule has 1 unspecified atom stereocenters. The highest BCUT2D eigenvalue weighted by Crippen LogP contribution is 2.33. The van der Waals surface area contributed by atoms with Gasteiger partial charge in [-0.3, -0.25) is 0 Å². The Labute approximate surface area is 123 Å². The molecule has 0 aliphatic carbocycles. The summed E-state index contributed by atoms with van der Waals surface area (Å²) in [6, 6.07) is 5.48. The maximum absolute atomic E-state index is 10.4. The number of nitrogens with zero attached hydrogens (tertiary/aromatic N) is 3. The summed E-state index contributed by atoms with van der Waals surface area (Å²) in [4.78, 5) is 4.20. The minimum atomic E-state index is -0.791. The van der Waals surface area contributed by atoms with Crippen molar-refractivity contribution in [3.05, 3.63) is 40.9 Å². The Morgan fingerprint density at radius 2 is 2.15 bits per heavy atom. The molecule has 0 saturated carbocycles. The first-order valence-corrected chi connectivity index (χ1v) is 6.81. The van der Waals surface area contributed by atoms with Gasteiger partial charge in [0.1, 0.15) is 17.9 Å². The van der Waals surface area contributed by atoms with E-state index in [1.807, 2.05) is 13.8 Å². The van der Waals surface area contributed by atoms with Crippen molar-refractivity contribution in [2.45, 2.75) is 32.4 Å². The largest absolute Gasteiger partial charge is 0.496 e. The molecule has 108 valence electrons. The molecular formula is C14H18ClN3O2. The summed E-state index contributed by atoms with van der Waals surface area (Å²) in [7, 11) is 1.55. The fraction of sp³-hybridized carbons (Fsp3) is 0.429. The summed E-state index contributed by atoms with van der Waals surface area (Å²) in [5.74, 6) is 1.29. The van der Waals surface area contributed by atoms with Crippen molar-refractivity contribution in [1.29, 1.82) is 0 Å². The molecule has 0 saturated heterocycles. The van der Waals surface area contributed by atoms with Crippen LogP contribution in [-0.2, 0) is 6.42 Å². The maximum atomic E-state index is 10.4. The molecule has 2 rings (SSSR count). The van der Waals surface area contributed by atoms with Gasteiger partial charge in [0.05, 0.1) is 18.2 Å². The highest BCUT2D eigenvalue weighted by Gasteiger charge is 2.20. The number of halogens is 1. The van der Waals surface area contributed by atoms with E-state index >= 15 is 0 Å². The van der Waals surface area contributed by atoms with Crippen LogP contribution in [0.4, 0.5) is 0 Å². The number of ether oxygens (including phenoxy) is 1. The highest BCUT2D eigenvalue weighted by atomic mass is 35.5. The van der Waals surface area contributed by atoms with Crippen molar-refractivity contribution in [3.63, 3.8) is 0 Å². The molecular weight excluding hydrogens is 278 g/mol. The van der Waals surface area contributed by atoms with Gasteiger partial charge in [-0.05, 0) is 26.0 Å². The molecule has 0 radical (unpaired) electrons. The molecule has 6 heteroatoms. The number of aromatic nitrogens is 3. The molecule has 20 heavy (non-hydrogen) atoms. The predicted molar refractivity (Wildman–Crippen MR) is 77.1 cm³/mol. The van der Waals surface area contributed by atoms with Crippen LogP contribution in [0.5, 0.6) is 5.75 Å². The van der Waals surface area contributed by atoms with E-state index in [0.29, 0.717) is 22.8 Å². The highest BCUT2D eigenvalue weighted by molar-refractivity contribution is 6.31. The summed E-state index contributed by atoms with van der Waals surface area (Å²) in [5.41, 5.74) is 0.579. The third kappa shape index (κ3) is 2.94. The normalized spacial score (nSPS) is 12.7. The Kier molecular flexibility index (Phi) is 4.62. The number of rotatable bonds is 5. The molecule has 1 aromatic heterocycles. The van der Waals surface area contributed by atoms with Crippen LogP contribution in [0, 0.1) is 0 Å². The zero-order valence-corrected chi connectivity index (χ0v) is 12.5. The summed E-state index contributed by atoms with van der Waals surface area (Å²) in [5, 5.41) is 15.1. The van der Waals surface area contributed by atoms with Crippen LogP contribution in [0.1, 0.15) is 37.4 Å². The van der Waals surface area contributed by atoms with Crippen LogP contribution in [0.3, 0.4) is 0 Å². The molecule has 0 amide bonds. The molecule has 1 heterocycles. The lowest BCUT2D eigenvalue weighted by Crippen LogP contribution is -2.13. The quantitative estimate of drug-likeness (QED) is 0.921. The van der Waals surface area contributed by atoms with Crippen molar-refractivity contribution in [1.82, 2.24) is 14.8 Å². The van der Waals surface area contributed by atoms with E-state index in [-0.39, 0.29) is 6.04 Å². The molecule has 0 aliphatic rings. The summed E-state index contributed by atoms with van der Waals surface area (Å²) in [6.07, 6.45) is 1.03. The lowest BCUT2D eigenvalue weighted by atomic mass is 10.0. The molecule has 5 nitrogen and oxygen atoms in total. The molecule has 1 N–H and O–H groups in total. The number of aliphatic hydroxyl groups is 1. The Balaban J connectivity index is 2.28. The molecule has 1 atom stereocenters. The SMILES string of the molecule is COc1cccc(Cl)c1C(O)Cc1ncnn1C(C)C. The van der Waals surface area contributed by atoms with Gasteiger partial charge in [-0.15, -0.1) is 0 Å². The van der Waals surface area contributed by atoms with E-state index in [1.54, 1.807) is 30.0 Å². The third-order valence-electron chi connectivity index (χ3n) is 3.08. The van der Waals surface area contributed by atoms with E-state index in [4.69, 9.17) is 16.3 Å². The monoisotopic (exact) mass is 295 g/mol. The van der Waals surface area contributed by atoms with E-state index in [9.17, 15) is 5.11 Å². The zero-order chi connectivity index (χ0) is 14.7. The van der Waals surface area contributed by atoms with Crippen LogP contribution in [0.2, 0.25) is 5.02 Å².